The van der Waals surface area contributed by atoms with Crippen molar-refractivity contribution in [2.75, 3.05) is 6.54 Å². The van der Waals surface area contributed by atoms with Crippen molar-refractivity contribution in [2.45, 2.75) is 6.04 Å². The van der Waals surface area contributed by atoms with Crippen molar-refractivity contribution in [3.05, 3.63) is 0 Å². The molecule has 0 aromatic carbocycles. The maximum Gasteiger partial charge on any atom is 0.257 e. The number of rotatable bonds is 0. The van der Waals surface area contributed by atoms with E-state index in [0.29, 0.717) is 0 Å². The first-order valence-electron chi connectivity index (χ1n) is 3.65. The topological polar surface area (TPSA) is 109 Å². The standard InChI is InChI=1S/C6H7N5O2/c7-6-10-4-3(5(13)11-6)9-2(12)1-8-4/h3H,1H2,(H,9,12)(H3,7,8,10,11,13). The molecule has 1 atom stereocenters. The molecule has 68 valence electrons. The Balaban J connectivity index is 2.37. The van der Waals surface area contributed by atoms with Crippen molar-refractivity contribution in [3.63, 3.8) is 0 Å². The zero-order valence-electron chi connectivity index (χ0n) is 6.57. The van der Waals surface area contributed by atoms with E-state index < -0.39 is 11.9 Å². The predicted molar refractivity (Wildman–Crippen MR) is 44.0 cm³/mol. The minimum Gasteiger partial charge on any atom is -0.369 e. The summed E-state index contributed by atoms with van der Waals surface area (Å²) >= 11 is 0. The van der Waals surface area contributed by atoms with Gasteiger partial charge in [0.15, 0.2) is 11.9 Å². The second-order valence-electron chi connectivity index (χ2n) is 2.66. The van der Waals surface area contributed by atoms with Crippen LogP contribution < -0.4 is 16.4 Å². The van der Waals surface area contributed by atoms with Crippen molar-refractivity contribution in [1.82, 2.24) is 10.6 Å². The Morgan fingerprint density at radius 1 is 1.46 bits per heavy atom. The Morgan fingerprint density at radius 3 is 3.00 bits per heavy atom. The lowest BCUT2D eigenvalue weighted by atomic mass is 10.2. The summed E-state index contributed by atoms with van der Waals surface area (Å²) < 4.78 is 0. The van der Waals surface area contributed by atoms with Crippen LogP contribution in [-0.2, 0) is 9.59 Å². The van der Waals surface area contributed by atoms with E-state index in [1.54, 1.807) is 0 Å². The third-order valence-corrected chi connectivity index (χ3v) is 1.70. The molecule has 0 aromatic heterocycles. The smallest absolute Gasteiger partial charge is 0.257 e. The quantitative estimate of drug-likeness (QED) is 0.379. The molecule has 7 nitrogen and oxygen atoms in total. The fourth-order valence-corrected chi connectivity index (χ4v) is 1.15. The number of nitrogens with zero attached hydrogens (tertiary/aromatic N) is 2. The molecule has 0 aliphatic carbocycles. The molecule has 0 saturated heterocycles. The number of amidine groups is 1. The van der Waals surface area contributed by atoms with Crippen LogP contribution in [0.15, 0.2) is 9.98 Å². The van der Waals surface area contributed by atoms with Crippen LogP contribution in [0.2, 0.25) is 0 Å². The van der Waals surface area contributed by atoms with E-state index in [-0.39, 0.29) is 24.2 Å². The fourth-order valence-electron chi connectivity index (χ4n) is 1.15. The lowest BCUT2D eigenvalue weighted by molar-refractivity contribution is -0.126. The second-order valence-corrected chi connectivity index (χ2v) is 2.66. The third kappa shape index (κ3) is 1.24. The molecule has 0 saturated carbocycles. The van der Waals surface area contributed by atoms with Crippen molar-refractivity contribution in [1.29, 1.82) is 0 Å². The lowest BCUT2D eigenvalue weighted by Crippen LogP contribution is -2.59. The number of hydrogen-bond acceptors (Lipinski definition) is 5. The average molecular weight is 181 g/mol. The van der Waals surface area contributed by atoms with E-state index >= 15 is 0 Å². The fraction of sp³-hybridized carbons (Fsp3) is 0.333. The van der Waals surface area contributed by atoms with Crippen molar-refractivity contribution in [2.24, 2.45) is 15.7 Å². The SMILES string of the molecule is NC1=NC2=NCC(=O)NC2C(=O)N1. The number of fused-ring (bicyclic) bond motifs is 1. The highest BCUT2D eigenvalue weighted by molar-refractivity contribution is 6.21. The summed E-state index contributed by atoms with van der Waals surface area (Å²) in [5.41, 5.74) is 5.29. The Morgan fingerprint density at radius 2 is 2.23 bits per heavy atom. The third-order valence-electron chi connectivity index (χ3n) is 1.70. The molecule has 2 aliphatic rings. The van der Waals surface area contributed by atoms with E-state index in [9.17, 15) is 9.59 Å². The minimum absolute atomic E-state index is 0.00407. The van der Waals surface area contributed by atoms with Gasteiger partial charge in [-0.2, -0.15) is 4.99 Å². The van der Waals surface area contributed by atoms with Gasteiger partial charge in [0.05, 0.1) is 0 Å². The number of carbonyl (C=O) groups is 2. The number of aliphatic imine (C=N–C) groups is 2. The van der Waals surface area contributed by atoms with Crippen LogP contribution in [0.5, 0.6) is 0 Å². The molecule has 0 aromatic rings. The molecule has 2 rings (SSSR count). The summed E-state index contributed by atoms with van der Waals surface area (Å²) in [5.74, 6) is -0.420. The maximum absolute atomic E-state index is 11.2. The normalized spacial score (nSPS) is 26.6. The van der Waals surface area contributed by atoms with Crippen molar-refractivity contribution >= 4 is 23.6 Å². The lowest BCUT2D eigenvalue weighted by Gasteiger charge is -2.24. The highest BCUT2D eigenvalue weighted by Crippen LogP contribution is 2.02. The molecule has 13 heavy (non-hydrogen) atoms. The zero-order chi connectivity index (χ0) is 9.42. The Bertz CT molecular complexity index is 345. The molecule has 2 amide bonds. The molecule has 0 spiro atoms. The Hall–Kier alpha value is -1.92. The summed E-state index contributed by atoms with van der Waals surface area (Å²) in [6.07, 6.45) is 0. The summed E-state index contributed by atoms with van der Waals surface area (Å²) in [6.45, 7) is -0.00407. The van der Waals surface area contributed by atoms with Gasteiger partial charge in [0.1, 0.15) is 6.54 Å². The molecule has 7 heteroatoms. The molecule has 0 bridgehead atoms. The number of guanidine groups is 1. The minimum atomic E-state index is -0.784. The molecule has 4 N–H and O–H groups in total. The summed E-state index contributed by atoms with van der Waals surface area (Å²) in [6, 6.07) is -0.784. The molecule has 0 radical (unpaired) electrons. The summed E-state index contributed by atoms with van der Waals surface area (Å²) in [5, 5.41) is 4.74. The van der Waals surface area contributed by atoms with Crippen molar-refractivity contribution < 1.29 is 9.59 Å². The van der Waals surface area contributed by atoms with Gasteiger partial charge in [0, 0.05) is 0 Å². The van der Waals surface area contributed by atoms with E-state index in [4.69, 9.17) is 5.73 Å². The molecular weight excluding hydrogens is 174 g/mol. The van der Waals surface area contributed by atoms with Gasteiger partial charge in [-0.25, -0.2) is 0 Å². The van der Waals surface area contributed by atoms with Crippen LogP contribution in [-0.4, -0.2) is 36.2 Å². The maximum atomic E-state index is 11.2. The van der Waals surface area contributed by atoms with Crippen LogP contribution in [0, 0.1) is 0 Å². The van der Waals surface area contributed by atoms with Gasteiger partial charge in [-0.15, -0.1) is 0 Å². The zero-order valence-corrected chi connectivity index (χ0v) is 6.57. The van der Waals surface area contributed by atoms with Gasteiger partial charge in [-0.1, -0.05) is 0 Å². The molecular formula is C6H7N5O2. The molecule has 1 unspecified atom stereocenters. The highest BCUT2D eigenvalue weighted by atomic mass is 16.2. The van der Waals surface area contributed by atoms with Gasteiger partial charge in [0.25, 0.3) is 5.91 Å². The highest BCUT2D eigenvalue weighted by Gasteiger charge is 2.33. The van der Waals surface area contributed by atoms with Gasteiger partial charge >= 0.3 is 0 Å². The molecule has 0 fully saturated rings. The Labute approximate surface area is 73.1 Å². The summed E-state index contributed by atoms with van der Waals surface area (Å²) in [4.78, 5) is 29.7. The van der Waals surface area contributed by atoms with Gasteiger partial charge in [-0.05, 0) is 0 Å². The first-order valence-corrected chi connectivity index (χ1v) is 3.65. The molecule has 2 heterocycles. The average Bonchev–Trinajstić information content (AvgIpc) is 2.06. The number of nitrogens with two attached hydrogens (primary N) is 1. The molecule has 2 aliphatic heterocycles. The van der Waals surface area contributed by atoms with Gasteiger partial charge in [0.2, 0.25) is 11.9 Å². The first-order chi connectivity index (χ1) is 6.16. The van der Waals surface area contributed by atoms with Crippen molar-refractivity contribution in [3.8, 4) is 0 Å². The van der Waals surface area contributed by atoms with E-state index in [1.807, 2.05) is 0 Å². The van der Waals surface area contributed by atoms with Gasteiger partial charge in [-0.3, -0.25) is 19.9 Å². The monoisotopic (exact) mass is 181 g/mol. The number of amides is 2. The largest absolute Gasteiger partial charge is 0.369 e. The predicted octanol–water partition coefficient (Wildman–Crippen LogP) is -2.67. The summed E-state index contributed by atoms with van der Waals surface area (Å²) in [7, 11) is 0. The second kappa shape index (κ2) is 2.54. The Kier molecular flexibility index (Phi) is 1.51. The van der Waals surface area contributed by atoms with Crippen LogP contribution >= 0.6 is 0 Å². The van der Waals surface area contributed by atoms with Gasteiger partial charge < -0.3 is 11.1 Å². The van der Waals surface area contributed by atoms with Crippen LogP contribution in [0.3, 0.4) is 0 Å². The number of carbonyl (C=O) groups excluding carboxylic acids is 2. The van der Waals surface area contributed by atoms with E-state index in [0.717, 1.165) is 0 Å². The van der Waals surface area contributed by atoms with Crippen LogP contribution in [0.25, 0.3) is 0 Å². The van der Waals surface area contributed by atoms with Crippen LogP contribution in [0.1, 0.15) is 0 Å². The van der Waals surface area contributed by atoms with E-state index in [2.05, 4.69) is 20.6 Å². The van der Waals surface area contributed by atoms with Crippen LogP contribution in [0.4, 0.5) is 0 Å². The number of nitrogens with one attached hydrogen (secondary N) is 2. The number of hydrogen-bond donors (Lipinski definition) is 3. The first kappa shape index (κ1) is 7.71. The van der Waals surface area contributed by atoms with E-state index in [1.165, 1.54) is 0 Å².